The minimum absolute atomic E-state index is 0.322. The van der Waals surface area contributed by atoms with Gasteiger partial charge in [0.05, 0.1) is 22.6 Å². The Kier molecular flexibility index (Phi) is 7.33. The molecule has 2 amide bonds. The lowest BCUT2D eigenvalue weighted by molar-refractivity contribution is -0.122. The molecule has 0 bridgehead atoms. The van der Waals surface area contributed by atoms with Gasteiger partial charge in [-0.05, 0) is 69.2 Å². The second kappa shape index (κ2) is 10.2. The van der Waals surface area contributed by atoms with E-state index in [9.17, 15) is 9.59 Å². The van der Waals surface area contributed by atoms with Crippen LogP contribution in [0.1, 0.15) is 41.1 Å². The number of anilines is 1. The van der Waals surface area contributed by atoms with Gasteiger partial charge in [0.15, 0.2) is 6.10 Å². The highest BCUT2D eigenvalue weighted by Gasteiger charge is 2.17. The van der Waals surface area contributed by atoms with Crippen LogP contribution in [0, 0.1) is 13.8 Å². The fourth-order valence-corrected chi connectivity index (χ4v) is 3.17. The smallest absolute Gasteiger partial charge is 0.274 e. The van der Waals surface area contributed by atoms with Crippen molar-refractivity contribution in [3.05, 3.63) is 82.3 Å². The molecule has 2 N–H and O–H groups in total. The van der Waals surface area contributed by atoms with Crippen molar-refractivity contribution in [2.75, 3.05) is 5.32 Å². The first-order chi connectivity index (χ1) is 15.2. The average molecular weight is 454 g/mol. The maximum Gasteiger partial charge on any atom is 0.274 e. The van der Waals surface area contributed by atoms with E-state index in [1.165, 1.54) is 6.26 Å². The number of carbonyl (C=O) groups excluding carboxylic acids is 2. The number of carbonyl (C=O) groups is 2. The lowest BCUT2D eigenvalue weighted by Gasteiger charge is -2.16. The lowest BCUT2D eigenvalue weighted by atomic mass is 10.1. The topological polar surface area (TPSA) is 92.9 Å². The number of hydrogen-bond donors (Lipinski definition) is 2. The van der Waals surface area contributed by atoms with Gasteiger partial charge in [-0.25, -0.2) is 5.43 Å². The summed E-state index contributed by atoms with van der Waals surface area (Å²) in [5.74, 6) is 0.279. The number of nitrogens with zero attached hydrogens (tertiary/aromatic N) is 1. The number of amides is 2. The molecule has 0 aliphatic carbocycles. The first-order valence-corrected chi connectivity index (χ1v) is 10.3. The van der Waals surface area contributed by atoms with Gasteiger partial charge in [-0.1, -0.05) is 29.8 Å². The first-order valence-electron chi connectivity index (χ1n) is 9.97. The number of ether oxygens (including phenoxy) is 1. The predicted octanol–water partition coefficient (Wildman–Crippen LogP) is 5.11. The van der Waals surface area contributed by atoms with Crippen LogP contribution in [0.2, 0.25) is 5.02 Å². The minimum atomic E-state index is -0.758. The van der Waals surface area contributed by atoms with Crippen LogP contribution >= 0.6 is 11.6 Å². The van der Waals surface area contributed by atoms with Crippen LogP contribution in [-0.2, 0) is 4.79 Å². The van der Waals surface area contributed by atoms with Crippen molar-refractivity contribution in [3.63, 3.8) is 0 Å². The molecule has 0 saturated carbocycles. The number of nitrogens with one attached hydrogen (secondary N) is 2. The Labute approximate surface area is 191 Å². The highest BCUT2D eigenvalue weighted by Crippen LogP contribution is 2.26. The molecule has 32 heavy (non-hydrogen) atoms. The molecule has 3 rings (SSSR count). The summed E-state index contributed by atoms with van der Waals surface area (Å²) in [6, 6.07) is 14.1. The normalized spacial score (nSPS) is 12.2. The first kappa shape index (κ1) is 23.1. The minimum Gasteiger partial charge on any atom is -0.479 e. The molecule has 8 heteroatoms. The molecule has 0 aliphatic rings. The van der Waals surface area contributed by atoms with Crippen LogP contribution < -0.4 is 15.5 Å². The number of hydrogen-bond acceptors (Lipinski definition) is 5. The summed E-state index contributed by atoms with van der Waals surface area (Å²) in [4.78, 5) is 24.8. The number of benzene rings is 2. The molecule has 2 aromatic carbocycles. The van der Waals surface area contributed by atoms with Crippen molar-refractivity contribution in [1.82, 2.24) is 5.43 Å². The molecule has 1 heterocycles. The Morgan fingerprint density at radius 2 is 1.91 bits per heavy atom. The van der Waals surface area contributed by atoms with E-state index in [4.69, 9.17) is 20.8 Å². The van der Waals surface area contributed by atoms with Gasteiger partial charge in [-0.2, -0.15) is 5.10 Å². The van der Waals surface area contributed by atoms with Gasteiger partial charge in [-0.15, -0.1) is 0 Å². The number of hydrazone groups is 1. The molecule has 0 radical (unpaired) electrons. The highest BCUT2D eigenvalue weighted by molar-refractivity contribution is 6.32. The van der Waals surface area contributed by atoms with Crippen molar-refractivity contribution in [2.24, 2.45) is 5.10 Å². The van der Waals surface area contributed by atoms with E-state index >= 15 is 0 Å². The van der Waals surface area contributed by atoms with Gasteiger partial charge in [0, 0.05) is 5.69 Å². The van der Waals surface area contributed by atoms with Gasteiger partial charge in [0.1, 0.15) is 11.5 Å². The summed E-state index contributed by atoms with van der Waals surface area (Å²) >= 11 is 6.18. The Morgan fingerprint density at radius 1 is 1.12 bits per heavy atom. The van der Waals surface area contributed by atoms with Crippen LogP contribution in [0.15, 0.2) is 64.3 Å². The van der Waals surface area contributed by atoms with Crippen LogP contribution in [0.4, 0.5) is 5.69 Å². The maximum absolute atomic E-state index is 12.6. The van der Waals surface area contributed by atoms with E-state index in [0.29, 0.717) is 33.5 Å². The molecule has 0 saturated heterocycles. The Balaban J connectivity index is 1.64. The van der Waals surface area contributed by atoms with E-state index in [1.54, 1.807) is 57.2 Å². The van der Waals surface area contributed by atoms with Crippen molar-refractivity contribution in [3.8, 4) is 5.75 Å². The summed E-state index contributed by atoms with van der Waals surface area (Å²) in [7, 11) is 0. The van der Waals surface area contributed by atoms with Crippen molar-refractivity contribution < 1.29 is 18.7 Å². The van der Waals surface area contributed by atoms with Crippen LogP contribution in [-0.4, -0.2) is 23.6 Å². The van der Waals surface area contributed by atoms with Crippen LogP contribution in [0.25, 0.3) is 0 Å². The quantitative estimate of drug-likeness (QED) is 0.384. The summed E-state index contributed by atoms with van der Waals surface area (Å²) in [6.45, 7) is 7.03. The van der Waals surface area contributed by atoms with E-state index in [1.807, 2.05) is 19.1 Å². The largest absolute Gasteiger partial charge is 0.479 e. The highest BCUT2D eigenvalue weighted by atomic mass is 35.5. The summed E-state index contributed by atoms with van der Waals surface area (Å²) in [6.07, 6.45) is 0.691. The van der Waals surface area contributed by atoms with Gasteiger partial charge >= 0.3 is 0 Å². The standard InChI is InChI=1S/C24H24ClN3O4/c1-14-8-9-22(21(25)12-14)32-17(4)23(29)26-19-7-5-6-18(13-19)15(2)27-28-24(30)20-10-11-31-16(20)3/h5-13,17H,1-4H3,(H,26,29)(H,28,30)/b27-15-/t17-/m1/s1. The maximum atomic E-state index is 12.6. The zero-order valence-corrected chi connectivity index (χ0v) is 19.0. The third-order valence-corrected chi connectivity index (χ3v) is 5.03. The summed E-state index contributed by atoms with van der Waals surface area (Å²) in [5, 5.41) is 7.41. The third kappa shape index (κ3) is 5.76. The number of halogens is 1. The fourth-order valence-electron chi connectivity index (χ4n) is 2.89. The third-order valence-electron chi connectivity index (χ3n) is 4.74. The van der Waals surface area contributed by atoms with E-state index in [0.717, 1.165) is 11.1 Å². The SMILES string of the molecule is C/C(=N/NC(=O)c1ccoc1C)c1cccc(NC(=O)[C@@H](C)Oc2ccc(C)cc2Cl)c1. The molecule has 0 spiro atoms. The molecule has 0 unspecified atom stereocenters. The van der Waals surface area contributed by atoms with Gasteiger partial charge in [0.25, 0.3) is 11.8 Å². The van der Waals surface area contributed by atoms with E-state index in [2.05, 4.69) is 15.8 Å². The molecule has 7 nitrogen and oxygen atoms in total. The van der Waals surface area contributed by atoms with Gasteiger partial charge in [0.2, 0.25) is 0 Å². The summed E-state index contributed by atoms with van der Waals surface area (Å²) in [5.41, 5.74) is 5.82. The zero-order chi connectivity index (χ0) is 23.3. The van der Waals surface area contributed by atoms with Crippen molar-refractivity contribution in [1.29, 1.82) is 0 Å². The molecular formula is C24H24ClN3O4. The molecular weight excluding hydrogens is 430 g/mol. The fraction of sp³-hybridized carbons (Fsp3) is 0.208. The monoisotopic (exact) mass is 453 g/mol. The van der Waals surface area contributed by atoms with Crippen molar-refractivity contribution >= 4 is 34.8 Å². The second-order valence-corrected chi connectivity index (χ2v) is 7.70. The van der Waals surface area contributed by atoms with E-state index in [-0.39, 0.29) is 11.8 Å². The molecule has 1 atom stereocenters. The van der Waals surface area contributed by atoms with Gasteiger partial charge in [-0.3, -0.25) is 9.59 Å². The Bertz CT molecular complexity index is 1170. The molecule has 3 aromatic rings. The number of aryl methyl sites for hydroxylation is 2. The molecule has 166 valence electrons. The Morgan fingerprint density at radius 3 is 2.59 bits per heavy atom. The number of furan rings is 1. The molecule has 0 aliphatic heterocycles. The predicted molar refractivity (Wildman–Crippen MR) is 124 cm³/mol. The second-order valence-electron chi connectivity index (χ2n) is 7.29. The molecule has 0 fully saturated rings. The lowest BCUT2D eigenvalue weighted by Crippen LogP contribution is -2.30. The molecule has 1 aromatic heterocycles. The number of rotatable bonds is 7. The average Bonchev–Trinajstić information content (AvgIpc) is 3.19. The summed E-state index contributed by atoms with van der Waals surface area (Å²) < 4.78 is 10.8. The van der Waals surface area contributed by atoms with Gasteiger partial charge < -0.3 is 14.5 Å². The van der Waals surface area contributed by atoms with E-state index < -0.39 is 6.10 Å². The zero-order valence-electron chi connectivity index (χ0n) is 18.2. The van der Waals surface area contributed by atoms with Crippen molar-refractivity contribution in [2.45, 2.75) is 33.8 Å². The Hall–Kier alpha value is -3.58. The van der Waals surface area contributed by atoms with Crippen LogP contribution in [0.5, 0.6) is 5.75 Å². The van der Waals surface area contributed by atoms with Crippen LogP contribution in [0.3, 0.4) is 0 Å².